The quantitative estimate of drug-likeness (QED) is 0.467. The molecule has 24 heavy (non-hydrogen) atoms. The monoisotopic (exact) mass is 393 g/mol. The SMILES string of the molecule is Cl.NC(CCCCB(O)O)c1nnnn1Cc1ccc(Cl)cc1Cl. The maximum absolute atomic E-state index is 8.82. The molecule has 2 aromatic rings. The summed E-state index contributed by atoms with van der Waals surface area (Å²) in [7, 11) is -1.27. The highest BCUT2D eigenvalue weighted by atomic mass is 35.5. The van der Waals surface area contributed by atoms with E-state index in [1.165, 1.54) is 0 Å². The topological polar surface area (TPSA) is 110 Å². The second kappa shape index (κ2) is 10.2. The minimum Gasteiger partial charge on any atom is -0.427 e. The van der Waals surface area contributed by atoms with Crippen molar-refractivity contribution in [3.8, 4) is 0 Å². The highest BCUT2D eigenvalue weighted by Crippen LogP contribution is 2.23. The maximum atomic E-state index is 8.82. The van der Waals surface area contributed by atoms with Gasteiger partial charge in [-0.2, -0.15) is 0 Å². The number of unbranched alkanes of at least 4 members (excludes halogenated alkanes) is 1. The van der Waals surface area contributed by atoms with Gasteiger partial charge >= 0.3 is 7.12 Å². The number of hydrogen-bond acceptors (Lipinski definition) is 6. The van der Waals surface area contributed by atoms with Gasteiger partial charge in [0.1, 0.15) is 0 Å². The van der Waals surface area contributed by atoms with Crippen LogP contribution in [0.25, 0.3) is 0 Å². The summed E-state index contributed by atoms with van der Waals surface area (Å²) in [4.78, 5) is 0. The molecule has 0 fully saturated rings. The first-order chi connectivity index (χ1) is 11.0. The molecule has 2 rings (SSSR count). The molecular weight excluding hydrogens is 375 g/mol. The van der Waals surface area contributed by atoms with Gasteiger partial charge in [-0.25, -0.2) is 4.68 Å². The number of nitrogens with zero attached hydrogens (tertiary/aromatic N) is 4. The Kier molecular flexibility index (Phi) is 8.97. The maximum Gasteiger partial charge on any atom is 0.451 e. The highest BCUT2D eigenvalue weighted by Gasteiger charge is 2.16. The molecule has 1 aromatic heterocycles. The molecule has 0 aliphatic rings. The average molecular weight is 394 g/mol. The Bertz CT molecular complexity index is 644. The van der Waals surface area contributed by atoms with Gasteiger partial charge < -0.3 is 15.8 Å². The van der Waals surface area contributed by atoms with Crippen molar-refractivity contribution in [2.75, 3.05) is 0 Å². The van der Waals surface area contributed by atoms with Crippen LogP contribution in [0.2, 0.25) is 16.4 Å². The van der Waals surface area contributed by atoms with Crippen molar-refractivity contribution in [1.29, 1.82) is 0 Å². The lowest BCUT2D eigenvalue weighted by atomic mass is 9.83. The molecule has 0 saturated carbocycles. The van der Waals surface area contributed by atoms with Crippen molar-refractivity contribution in [2.45, 2.75) is 38.2 Å². The van der Waals surface area contributed by atoms with E-state index >= 15 is 0 Å². The highest BCUT2D eigenvalue weighted by molar-refractivity contribution is 6.40. The van der Waals surface area contributed by atoms with Crippen LogP contribution >= 0.6 is 35.6 Å². The lowest BCUT2D eigenvalue weighted by Crippen LogP contribution is -2.18. The van der Waals surface area contributed by atoms with Gasteiger partial charge in [-0.05, 0) is 40.9 Å². The van der Waals surface area contributed by atoms with Crippen LogP contribution in [0.15, 0.2) is 18.2 Å². The predicted molar refractivity (Wildman–Crippen MR) is 96.4 cm³/mol. The zero-order valence-corrected chi connectivity index (χ0v) is 15.2. The van der Waals surface area contributed by atoms with Crippen LogP contribution in [-0.4, -0.2) is 37.4 Å². The number of halogens is 3. The van der Waals surface area contributed by atoms with E-state index in [0.29, 0.717) is 41.6 Å². The first-order valence-corrected chi connectivity index (χ1v) is 8.04. The zero-order valence-electron chi connectivity index (χ0n) is 12.8. The molecular formula is C13H19BCl3N5O2. The Labute approximate surface area is 156 Å². The van der Waals surface area contributed by atoms with Crippen molar-refractivity contribution >= 4 is 42.7 Å². The molecule has 0 aliphatic heterocycles. The predicted octanol–water partition coefficient (Wildman–Crippen LogP) is 2.09. The van der Waals surface area contributed by atoms with E-state index in [1.807, 2.05) is 6.07 Å². The van der Waals surface area contributed by atoms with Gasteiger partial charge in [0.2, 0.25) is 0 Å². The second-order valence-electron chi connectivity index (χ2n) is 5.30. The van der Waals surface area contributed by atoms with Gasteiger partial charge in [0, 0.05) is 10.0 Å². The summed E-state index contributed by atoms with van der Waals surface area (Å²) in [6.45, 7) is 0.404. The first kappa shape index (κ1) is 21.1. The number of nitrogens with two attached hydrogens (primary N) is 1. The number of benzene rings is 1. The van der Waals surface area contributed by atoms with Crippen LogP contribution in [0.5, 0.6) is 0 Å². The fourth-order valence-electron chi connectivity index (χ4n) is 2.22. The van der Waals surface area contributed by atoms with Crippen molar-refractivity contribution in [3.63, 3.8) is 0 Å². The first-order valence-electron chi connectivity index (χ1n) is 7.29. The molecule has 0 saturated heterocycles. The van der Waals surface area contributed by atoms with E-state index in [2.05, 4.69) is 15.5 Å². The molecule has 4 N–H and O–H groups in total. The number of tetrazole rings is 1. The summed E-state index contributed by atoms with van der Waals surface area (Å²) < 4.78 is 1.61. The van der Waals surface area contributed by atoms with Crippen molar-refractivity contribution in [2.24, 2.45) is 5.73 Å². The van der Waals surface area contributed by atoms with Gasteiger partial charge in [0.15, 0.2) is 5.82 Å². The second-order valence-corrected chi connectivity index (χ2v) is 6.15. The van der Waals surface area contributed by atoms with Crippen molar-refractivity contribution < 1.29 is 10.0 Å². The fraction of sp³-hybridized carbons (Fsp3) is 0.462. The largest absolute Gasteiger partial charge is 0.451 e. The van der Waals surface area contributed by atoms with Crippen LogP contribution in [0.1, 0.15) is 36.7 Å². The summed E-state index contributed by atoms with van der Waals surface area (Å²) in [5, 5.41) is 30.4. The molecule has 7 nitrogen and oxygen atoms in total. The van der Waals surface area contributed by atoms with Gasteiger partial charge in [-0.15, -0.1) is 17.5 Å². The molecule has 0 amide bonds. The van der Waals surface area contributed by atoms with Gasteiger partial charge in [0.05, 0.1) is 12.6 Å². The number of rotatable bonds is 8. The van der Waals surface area contributed by atoms with E-state index in [9.17, 15) is 0 Å². The number of aromatic nitrogens is 4. The van der Waals surface area contributed by atoms with E-state index in [1.54, 1.807) is 16.8 Å². The Morgan fingerprint density at radius 2 is 2.00 bits per heavy atom. The van der Waals surface area contributed by atoms with Crippen LogP contribution < -0.4 is 5.73 Å². The van der Waals surface area contributed by atoms with Crippen molar-refractivity contribution in [1.82, 2.24) is 20.2 Å². The minimum atomic E-state index is -1.27. The van der Waals surface area contributed by atoms with Gasteiger partial charge in [-0.3, -0.25) is 0 Å². The molecule has 132 valence electrons. The zero-order chi connectivity index (χ0) is 16.8. The summed E-state index contributed by atoms with van der Waals surface area (Å²) in [5.74, 6) is 0.570. The molecule has 1 atom stereocenters. The summed E-state index contributed by atoms with van der Waals surface area (Å²) in [6.07, 6.45) is 2.42. The molecule has 0 bridgehead atoms. The summed E-state index contributed by atoms with van der Waals surface area (Å²) >= 11 is 12.1. The van der Waals surface area contributed by atoms with Gasteiger partial charge in [0.25, 0.3) is 0 Å². The third-order valence-electron chi connectivity index (χ3n) is 3.45. The van der Waals surface area contributed by atoms with E-state index in [4.69, 9.17) is 39.0 Å². The Morgan fingerprint density at radius 3 is 2.67 bits per heavy atom. The summed E-state index contributed by atoms with van der Waals surface area (Å²) in [5.41, 5.74) is 6.98. The van der Waals surface area contributed by atoms with Crippen LogP contribution in [0, 0.1) is 0 Å². The smallest absolute Gasteiger partial charge is 0.427 e. The molecule has 1 aromatic carbocycles. The minimum absolute atomic E-state index is 0. The molecule has 0 radical (unpaired) electrons. The van der Waals surface area contributed by atoms with Crippen molar-refractivity contribution in [3.05, 3.63) is 39.6 Å². The lowest BCUT2D eigenvalue weighted by Gasteiger charge is -2.12. The van der Waals surface area contributed by atoms with Gasteiger partial charge in [-0.1, -0.05) is 42.1 Å². The third kappa shape index (κ3) is 6.20. The Balaban J connectivity index is 0.00000288. The molecule has 0 spiro atoms. The standard InChI is InChI=1S/C13H18BCl2N5O2.ClH/c15-10-5-4-9(11(16)7-10)8-21-13(18-19-20-21)12(17)3-1-2-6-14(22)23;/h4-5,7,12,22-23H,1-3,6,8,17H2;1H. The Morgan fingerprint density at radius 1 is 1.25 bits per heavy atom. The number of hydrogen-bond donors (Lipinski definition) is 3. The normalized spacial score (nSPS) is 11.9. The fourth-order valence-corrected chi connectivity index (χ4v) is 2.69. The Hall–Kier alpha value is -0.895. The van der Waals surface area contributed by atoms with Crippen LogP contribution in [0.3, 0.4) is 0 Å². The summed E-state index contributed by atoms with van der Waals surface area (Å²) in [6, 6.07) is 4.92. The molecule has 11 heteroatoms. The average Bonchev–Trinajstić information content (AvgIpc) is 2.94. The van der Waals surface area contributed by atoms with E-state index in [0.717, 1.165) is 12.0 Å². The van der Waals surface area contributed by atoms with Crippen LogP contribution in [0.4, 0.5) is 0 Å². The molecule has 0 aliphatic carbocycles. The van der Waals surface area contributed by atoms with Crippen LogP contribution in [-0.2, 0) is 6.54 Å². The molecule has 1 heterocycles. The third-order valence-corrected chi connectivity index (χ3v) is 4.04. The van der Waals surface area contributed by atoms with E-state index in [-0.39, 0.29) is 18.4 Å². The lowest BCUT2D eigenvalue weighted by molar-refractivity contribution is 0.400. The van der Waals surface area contributed by atoms with E-state index < -0.39 is 7.12 Å². The molecule has 1 unspecified atom stereocenters.